The highest BCUT2D eigenvalue weighted by Gasteiger charge is 2.13. The Bertz CT molecular complexity index is 826. The van der Waals surface area contributed by atoms with Crippen LogP contribution in [-0.4, -0.2) is 16.9 Å². The standard InChI is InChI=1S/C16H12N2O4S/c19-12-9-10(17-16(21)14-4-2-8-23-14)5-6-11(12)18-15(20)13-3-1-7-22-13/h1-9,19H,(H,17,21)(H,18,20). The van der Waals surface area contributed by atoms with Crippen molar-refractivity contribution in [2.45, 2.75) is 0 Å². The first-order valence-corrected chi connectivity index (χ1v) is 7.54. The molecular weight excluding hydrogens is 316 g/mol. The Morgan fingerprint density at radius 2 is 1.91 bits per heavy atom. The quantitative estimate of drug-likeness (QED) is 0.639. The van der Waals surface area contributed by atoms with E-state index in [2.05, 4.69) is 10.6 Å². The van der Waals surface area contributed by atoms with E-state index in [4.69, 9.17) is 4.42 Å². The minimum atomic E-state index is -0.472. The van der Waals surface area contributed by atoms with Gasteiger partial charge in [0, 0.05) is 11.8 Å². The van der Waals surface area contributed by atoms with Crippen LogP contribution in [-0.2, 0) is 0 Å². The van der Waals surface area contributed by atoms with Crippen molar-refractivity contribution in [1.82, 2.24) is 0 Å². The smallest absolute Gasteiger partial charge is 0.291 e. The van der Waals surface area contributed by atoms with Crippen LogP contribution in [0.3, 0.4) is 0 Å². The van der Waals surface area contributed by atoms with Crippen molar-refractivity contribution in [3.8, 4) is 5.75 Å². The number of carbonyl (C=O) groups is 2. The number of aromatic hydroxyl groups is 1. The average molecular weight is 328 g/mol. The van der Waals surface area contributed by atoms with Gasteiger partial charge < -0.3 is 20.2 Å². The zero-order valence-corrected chi connectivity index (χ0v) is 12.6. The molecule has 0 fully saturated rings. The molecule has 0 unspecified atom stereocenters. The van der Waals surface area contributed by atoms with Crippen LogP contribution in [0.4, 0.5) is 11.4 Å². The van der Waals surface area contributed by atoms with Crippen LogP contribution >= 0.6 is 11.3 Å². The first-order chi connectivity index (χ1) is 11.1. The van der Waals surface area contributed by atoms with Crippen LogP contribution in [0.15, 0.2) is 58.5 Å². The maximum atomic E-state index is 11.9. The van der Waals surface area contributed by atoms with E-state index in [9.17, 15) is 14.7 Å². The van der Waals surface area contributed by atoms with Gasteiger partial charge in [-0.05, 0) is 35.7 Å². The van der Waals surface area contributed by atoms with Crippen molar-refractivity contribution in [3.05, 3.63) is 64.7 Å². The molecule has 0 aliphatic heterocycles. The Balaban J connectivity index is 1.71. The Kier molecular flexibility index (Phi) is 4.11. The molecule has 0 saturated carbocycles. The zero-order chi connectivity index (χ0) is 16.2. The lowest BCUT2D eigenvalue weighted by atomic mass is 10.2. The van der Waals surface area contributed by atoms with Gasteiger partial charge in [0.1, 0.15) is 5.75 Å². The molecule has 0 saturated heterocycles. The number of hydrogen-bond acceptors (Lipinski definition) is 5. The third-order valence-corrected chi connectivity index (χ3v) is 3.86. The number of phenols is 1. The number of anilines is 2. The van der Waals surface area contributed by atoms with E-state index < -0.39 is 5.91 Å². The summed E-state index contributed by atoms with van der Waals surface area (Å²) >= 11 is 1.32. The highest BCUT2D eigenvalue weighted by Crippen LogP contribution is 2.27. The molecule has 3 aromatic rings. The van der Waals surface area contributed by atoms with Gasteiger partial charge in [-0.1, -0.05) is 6.07 Å². The average Bonchev–Trinajstić information content (AvgIpc) is 3.23. The van der Waals surface area contributed by atoms with Crippen molar-refractivity contribution in [1.29, 1.82) is 0 Å². The Morgan fingerprint density at radius 3 is 2.57 bits per heavy atom. The summed E-state index contributed by atoms with van der Waals surface area (Å²) < 4.78 is 4.98. The summed E-state index contributed by atoms with van der Waals surface area (Å²) in [6.45, 7) is 0. The highest BCUT2D eigenvalue weighted by molar-refractivity contribution is 7.12. The molecule has 2 heterocycles. The van der Waals surface area contributed by atoms with Crippen LogP contribution in [0.1, 0.15) is 20.2 Å². The lowest BCUT2D eigenvalue weighted by Gasteiger charge is -2.09. The van der Waals surface area contributed by atoms with E-state index in [1.165, 1.54) is 35.8 Å². The molecule has 0 aliphatic carbocycles. The molecule has 116 valence electrons. The van der Waals surface area contributed by atoms with Crippen molar-refractivity contribution < 1.29 is 19.1 Å². The summed E-state index contributed by atoms with van der Waals surface area (Å²) in [7, 11) is 0. The summed E-state index contributed by atoms with van der Waals surface area (Å²) in [5.41, 5.74) is 0.650. The van der Waals surface area contributed by atoms with Crippen LogP contribution < -0.4 is 10.6 Å². The number of hydrogen-bond donors (Lipinski definition) is 3. The molecule has 6 nitrogen and oxygen atoms in total. The lowest BCUT2D eigenvalue weighted by molar-refractivity contribution is 0.0994. The minimum Gasteiger partial charge on any atom is -0.506 e. The largest absolute Gasteiger partial charge is 0.506 e. The summed E-state index contributed by atoms with van der Waals surface area (Å²) in [4.78, 5) is 24.4. The van der Waals surface area contributed by atoms with Gasteiger partial charge in [-0.15, -0.1) is 11.3 Å². The predicted molar refractivity (Wildman–Crippen MR) is 87.0 cm³/mol. The normalized spacial score (nSPS) is 10.3. The van der Waals surface area contributed by atoms with Crippen molar-refractivity contribution in [2.24, 2.45) is 0 Å². The van der Waals surface area contributed by atoms with E-state index in [0.29, 0.717) is 10.6 Å². The van der Waals surface area contributed by atoms with Gasteiger partial charge in [-0.25, -0.2) is 0 Å². The second-order valence-electron chi connectivity index (χ2n) is 4.59. The second kappa shape index (κ2) is 6.37. The Labute approximate surface area is 135 Å². The summed E-state index contributed by atoms with van der Waals surface area (Å²) in [6.07, 6.45) is 1.39. The molecule has 0 atom stereocenters. The number of furan rings is 1. The number of rotatable bonds is 4. The summed E-state index contributed by atoms with van der Waals surface area (Å²) in [5.74, 6) is -0.749. The van der Waals surface area contributed by atoms with Gasteiger partial charge in [-0.3, -0.25) is 9.59 Å². The molecule has 0 bridgehead atoms. The summed E-state index contributed by atoms with van der Waals surface area (Å²) in [6, 6.07) is 11.1. The van der Waals surface area contributed by atoms with Gasteiger partial charge in [-0.2, -0.15) is 0 Å². The Hall–Kier alpha value is -3.06. The fraction of sp³-hybridized carbons (Fsp3) is 0. The predicted octanol–water partition coefficient (Wildman–Crippen LogP) is 3.55. The number of phenolic OH excluding ortho intramolecular Hbond substituents is 1. The van der Waals surface area contributed by atoms with Crippen LogP contribution in [0, 0.1) is 0 Å². The zero-order valence-electron chi connectivity index (χ0n) is 11.8. The molecule has 0 radical (unpaired) electrons. The van der Waals surface area contributed by atoms with Crippen LogP contribution in [0.2, 0.25) is 0 Å². The van der Waals surface area contributed by atoms with Crippen molar-refractivity contribution in [3.63, 3.8) is 0 Å². The third-order valence-electron chi connectivity index (χ3n) is 2.99. The molecule has 1 aromatic carbocycles. The molecule has 3 rings (SSSR count). The van der Waals surface area contributed by atoms with Gasteiger partial charge in [0.15, 0.2) is 5.76 Å². The molecule has 0 aliphatic rings. The van der Waals surface area contributed by atoms with Gasteiger partial charge >= 0.3 is 0 Å². The van der Waals surface area contributed by atoms with Gasteiger partial charge in [0.2, 0.25) is 0 Å². The van der Waals surface area contributed by atoms with E-state index in [1.807, 2.05) is 0 Å². The maximum Gasteiger partial charge on any atom is 0.291 e. The number of thiophene rings is 1. The monoisotopic (exact) mass is 328 g/mol. The number of amides is 2. The second-order valence-corrected chi connectivity index (χ2v) is 5.54. The SMILES string of the molecule is O=C(Nc1ccc(NC(=O)c2cccs2)cc1O)c1ccco1. The molecule has 23 heavy (non-hydrogen) atoms. The maximum absolute atomic E-state index is 11.9. The highest BCUT2D eigenvalue weighted by atomic mass is 32.1. The summed E-state index contributed by atoms with van der Waals surface area (Å²) in [5, 5.41) is 17.0. The molecular formula is C16H12N2O4S. The van der Waals surface area contributed by atoms with E-state index in [-0.39, 0.29) is 23.1 Å². The van der Waals surface area contributed by atoms with Crippen LogP contribution in [0.25, 0.3) is 0 Å². The van der Waals surface area contributed by atoms with Gasteiger partial charge in [0.25, 0.3) is 11.8 Å². The number of benzene rings is 1. The molecule has 2 amide bonds. The fourth-order valence-electron chi connectivity index (χ4n) is 1.91. The topological polar surface area (TPSA) is 91.6 Å². The van der Waals surface area contributed by atoms with Gasteiger partial charge in [0.05, 0.1) is 16.8 Å². The molecule has 2 aromatic heterocycles. The molecule has 3 N–H and O–H groups in total. The van der Waals surface area contributed by atoms with E-state index >= 15 is 0 Å². The first kappa shape index (κ1) is 14.9. The fourth-order valence-corrected chi connectivity index (χ4v) is 2.53. The van der Waals surface area contributed by atoms with E-state index in [0.717, 1.165) is 0 Å². The lowest BCUT2D eigenvalue weighted by Crippen LogP contribution is -2.12. The Morgan fingerprint density at radius 1 is 1.04 bits per heavy atom. The first-order valence-electron chi connectivity index (χ1n) is 6.66. The molecule has 7 heteroatoms. The van der Waals surface area contributed by atoms with Crippen LogP contribution in [0.5, 0.6) is 5.75 Å². The number of nitrogens with one attached hydrogen (secondary N) is 2. The molecule has 0 spiro atoms. The number of carbonyl (C=O) groups excluding carboxylic acids is 2. The van der Waals surface area contributed by atoms with E-state index in [1.54, 1.807) is 29.6 Å². The minimum absolute atomic E-state index is 0.138. The third kappa shape index (κ3) is 3.41. The van der Waals surface area contributed by atoms with Crippen molar-refractivity contribution >= 4 is 34.5 Å². The van der Waals surface area contributed by atoms with Crippen molar-refractivity contribution in [2.75, 3.05) is 10.6 Å².